The maximum absolute atomic E-state index is 13.0. The molecular weight excluding hydrogens is 376 g/mol. The highest BCUT2D eigenvalue weighted by atomic mass is 16.5. The van der Waals surface area contributed by atoms with Gasteiger partial charge in [-0.3, -0.25) is 9.78 Å². The zero-order chi connectivity index (χ0) is 21.3. The van der Waals surface area contributed by atoms with Crippen LogP contribution in [0, 0.1) is 13.8 Å². The standard InChI is InChI=1S/C24H28N4O2/c1-19-23(20(2)28(26-19)22-8-5-4-6-9-22)10-11-24(29)27(16-7-17-30-3)18-21-12-14-25-15-13-21/h4-6,8-15H,7,16-18H2,1-3H3. The van der Waals surface area contributed by atoms with Crippen LogP contribution in [0.1, 0.15) is 28.9 Å². The number of hydrogen-bond acceptors (Lipinski definition) is 4. The maximum Gasteiger partial charge on any atom is 0.246 e. The zero-order valence-corrected chi connectivity index (χ0v) is 17.8. The monoisotopic (exact) mass is 404 g/mol. The van der Waals surface area contributed by atoms with E-state index in [1.807, 2.05) is 72.0 Å². The van der Waals surface area contributed by atoms with Crippen LogP contribution in [0.2, 0.25) is 0 Å². The third-order valence-electron chi connectivity index (χ3n) is 4.95. The molecule has 1 aromatic carbocycles. The lowest BCUT2D eigenvalue weighted by atomic mass is 10.1. The summed E-state index contributed by atoms with van der Waals surface area (Å²) in [4.78, 5) is 18.8. The van der Waals surface area contributed by atoms with Gasteiger partial charge in [-0.2, -0.15) is 5.10 Å². The molecule has 0 fully saturated rings. The average Bonchev–Trinajstić information content (AvgIpc) is 3.06. The van der Waals surface area contributed by atoms with Gasteiger partial charge in [0.15, 0.2) is 0 Å². The van der Waals surface area contributed by atoms with Crippen molar-refractivity contribution in [2.75, 3.05) is 20.3 Å². The Morgan fingerprint density at radius 3 is 2.57 bits per heavy atom. The van der Waals surface area contributed by atoms with E-state index in [2.05, 4.69) is 10.1 Å². The minimum absolute atomic E-state index is 0.0332. The van der Waals surface area contributed by atoms with E-state index in [9.17, 15) is 4.79 Å². The van der Waals surface area contributed by atoms with Gasteiger partial charge in [-0.05, 0) is 56.2 Å². The molecule has 30 heavy (non-hydrogen) atoms. The van der Waals surface area contributed by atoms with Gasteiger partial charge in [0.1, 0.15) is 0 Å². The Labute approximate surface area is 177 Å². The molecule has 3 aromatic rings. The fourth-order valence-corrected chi connectivity index (χ4v) is 3.35. The van der Waals surface area contributed by atoms with Crippen molar-refractivity contribution in [2.45, 2.75) is 26.8 Å². The van der Waals surface area contributed by atoms with E-state index in [-0.39, 0.29) is 5.91 Å². The number of carbonyl (C=O) groups excluding carboxylic acids is 1. The summed E-state index contributed by atoms with van der Waals surface area (Å²) in [5.74, 6) is -0.0332. The molecule has 0 saturated heterocycles. The van der Waals surface area contributed by atoms with E-state index in [0.29, 0.717) is 19.7 Å². The van der Waals surface area contributed by atoms with Crippen LogP contribution < -0.4 is 0 Å². The van der Waals surface area contributed by atoms with Gasteiger partial charge in [-0.1, -0.05) is 18.2 Å². The second-order valence-electron chi connectivity index (χ2n) is 7.13. The van der Waals surface area contributed by atoms with E-state index in [4.69, 9.17) is 4.74 Å². The van der Waals surface area contributed by atoms with Gasteiger partial charge in [-0.15, -0.1) is 0 Å². The number of para-hydroxylation sites is 1. The van der Waals surface area contributed by atoms with Crippen LogP contribution in [0.4, 0.5) is 0 Å². The Kier molecular flexibility index (Phi) is 7.51. The summed E-state index contributed by atoms with van der Waals surface area (Å²) in [5, 5.41) is 4.65. The SMILES string of the molecule is COCCCN(Cc1ccncc1)C(=O)C=Cc1c(C)nn(-c2ccccc2)c1C. The van der Waals surface area contributed by atoms with Crippen LogP contribution in [-0.4, -0.2) is 45.8 Å². The zero-order valence-electron chi connectivity index (χ0n) is 17.8. The van der Waals surface area contributed by atoms with Crippen LogP contribution in [0.25, 0.3) is 11.8 Å². The number of benzene rings is 1. The first-order chi connectivity index (χ1) is 14.6. The van der Waals surface area contributed by atoms with Crippen molar-refractivity contribution in [1.82, 2.24) is 19.7 Å². The molecule has 0 aliphatic rings. The molecule has 2 heterocycles. The molecule has 0 aliphatic heterocycles. The van der Waals surface area contributed by atoms with Gasteiger partial charge in [0.25, 0.3) is 0 Å². The van der Waals surface area contributed by atoms with Crippen molar-refractivity contribution in [2.24, 2.45) is 0 Å². The number of hydrogen-bond donors (Lipinski definition) is 0. The molecule has 2 aromatic heterocycles. The number of aryl methyl sites for hydroxylation is 1. The minimum Gasteiger partial charge on any atom is -0.385 e. The van der Waals surface area contributed by atoms with E-state index in [1.54, 1.807) is 25.6 Å². The topological polar surface area (TPSA) is 60.2 Å². The molecule has 0 radical (unpaired) electrons. The number of methoxy groups -OCH3 is 1. The molecule has 0 spiro atoms. The number of pyridine rings is 1. The highest BCUT2D eigenvalue weighted by Gasteiger charge is 2.14. The molecule has 0 unspecified atom stereocenters. The number of rotatable bonds is 9. The number of carbonyl (C=O) groups is 1. The van der Waals surface area contributed by atoms with Crippen molar-refractivity contribution >= 4 is 12.0 Å². The molecule has 6 nitrogen and oxygen atoms in total. The highest BCUT2D eigenvalue weighted by Crippen LogP contribution is 2.19. The summed E-state index contributed by atoms with van der Waals surface area (Å²) in [6, 6.07) is 13.9. The van der Waals surface area contributed by atoms with E-state index < -0.39 is 0 Å². The lowest BCUT2D eigenvalue weighted by Crippen LogP contribution is -2.30. The van der Waals surface area contributed by atoms with Crippen molar-refractivity contribution in [1.29, 1.82) is 0 Å². The van der Waals surface area contributed by atoms with Crippen molar-refractivity contribution in [3.8, 4) is 5.69 Å². The summed E-state index contributed by atoms with van der Waals surface area (Å²) >= 11 is 0. The van der Waals surface area contributed by atoms with Gasteiger partial charge in [0, 0.05) is 56.5 Å². The second-order valence-corrected chi connectivity index (χ2v) is 7.13. The van der Waals surface area contributed by atoms with Gasteiger partial charge in [0.05, 0.1) is 11.4 Å². The smallest absolute Gasteiger partial charge is 0.246 e. The fraction of sp³-hybridized carbons (Fsp3) is 0.292. The average molecular weight is 405 g/mol. The van der Waals surface area contributed by atoms with E-state index in [0.717, 1.165) is 34.6 Å². The first-order valence-corrected chi connectivity index (χ1v) is 10.1. The van der Waals surface area contributed by atoms with Crippen LogP contribution in [-0.2, 0) is 16.1 Å². The lowest BCUT2D eigenvalue weighted by Gasteiger charge is -2.21. The number of ether oxygens (including phenoxy) is 1. The Balaban J connectivity index is 1.78. The summed E-state index contributed by atoms with van der Waals surface area (Å²) in [6.07, 6.45) is 7.78. The van der Waals surface area contributed by atoms with Gasteiger partial charge in [-0.25, -0.2) is 4.68 Å². The van der Waals surface area contributed by atoms with Crippen molar-refractivity contribution in [3.63, 3.8) is 0 Å². The number of amides is 1. The predicted molar refractivity (Wildman–Crippen MR) is 118 cm³/mol. The minimum atomic E-state index is -0.0332. The molecule has 6 heteroatoms. The predicted octanol–water partition coefficient (Wildman–Crippen LogP) is 3.96. The summed E-state index contributed by atoms with van der Waals surface area (Å²) in [5.41, 5.74) is 4.91. The first-order valence-electron chi connectivity index (χ1n) is 10.1. The molecule has 0 saturated carbocycles. The molecule has 0 N–H and O–H groups in total. The molecule has 156 valence electrons. The van der Waals surface area contributed by atoms with E-state index >= 15 is 0 Å². The first kappa shape index (κ1) is 21.5. The van der Waals surface area contributed by atoms with Crippen molar-refractivity contribution < 1.29 is 9.53 Å². The van der Waals surface area contributed by atoms with Crippen molar-refractivity contribution in [3.05, 3.63) is 83.4 Å². The molecule has 0 atom stereocenters. The molecule has 3 rings (SSSR count). The fourth-order valence-electron chi connectivity index (χ4n) is 3.35. The third-order valence-corrected chi connectivity index (χ3v) is 4.95. The quantitative estimate of drug-likeness (QED) is 0.400. The Morgan fingerprint density at radius 1 is 1.13 bits per heavy atom. The molecule has 0 bridgehead atoms. The largest absolute Gasteiger partial charge is 0.385 e. The molecule has 0 aliphatic carbocycles. The number of aromatic nitrogens is 3. The Hall–Kier alpha value is -3.25. The van der Waals surface area contributed by atoms with Gasteiger partial charge >= 0.3 is 0 Å². The van der Waals surface area contributed by atoms with Crippen LogP contribution in [0.3, 0.4) is 0 Å². The molecular formula is C24H28N4O2. The van der Waals surface area contributed by atoms with Crippen LogP contribution >= 0.6 is 0 Å². The van der Waals surface area contributed by atoms with Crippen LogP contribution in [0.15, 0.2) is 60.9 Å². The number of nitrogens with zero attached hydrogens (tertiary/aromatic N) is 4. The summed E-state index contributed by atoms with van der Waals surface area (Å²) in [6.45, 7) is 5.76. The van der Waals surface area contributed by atoms with Gasteiger partial charge < -0.3 is 9.64 Å². The van der Waals surface area contributed by atoms with Crippen LogP contribution in [0.5, 0.6) is 0 Å². The normalized spacial score (nSPS) is 11.2. The van der Waals surface area contributed by atoms with E-state index in [1.165, 1.54) is 0 Å². The summed E-state index contributed by atoms with van der Waals surface area (Å²) < 4.78 is 7.06. The maximum atomic E-state index is 13.0. The Bertz CT molecular complexity index is 981. The highest BCUT2D eigenvalue weighted by molar-refractivity contribution is 5.92. The third kappa shape index (κ3) is 5.42. The lowest BCUT2D eigenvalue weighted by molar-refractivity contribution is -0.126. The molecule has 1 amide bonds. The van der Waals surface area contributed by atoms with Gasteiger partial charge in [0.2, 0.25) is 5.91 Å². The Morgan fingerprint density at radius 2 is 1.87 bits per heavy atom. The second kappa shape index (κ2) is 10.5. The summed E-state index contributed by atoms with van der Waals surface area (Å²) in [7, 11) is 1.67.